The van der Waals surface area contributed by atoms with Gasteiger partial charge in [0.25, 0.3) is 0 Å². The number of rotatable bonds is 6. The number of hydrogen-bond donors (Lipinski definition) is 2. The fourth-order valence-corrected chi connectivity index (χ4v) is 1.53. The molecule has 0 aliphatic carbocycles. The molecule has 1 aromatic rings. The van der Waals surface area contributed by atoms with Crippen molar-refractivity contribution >= 4 is 0 Å². The zero-order chi connectivity index (χ0) is 12.9. The summed E-state index contributed by atoms with van der Waals surface area (Å²) in [5, 5.41) is 9.09. The molecule has 0 heterocycles. The molecule has 0 bridgehead atoms. The van der Waals surface area contributed by atoms with Gasteiger partial charge in [-0.2, -0.15) is 0 Å². The van der Waals surface area contributed by atoms with Gasteiger partial charge in [0.15, 0.2) is 0 Å². The van der Waals surface area contributed by atoms with E-state index in [1.54, 1.807) is 6.92 Å². The van der Waals surface area contributed by atoms with Crippen LogP contribution < -0.4 is 10.5 Å². The standard InChI is InChI=1S/C14H23NO2/c1-4-11(2)12-7-5-6-8-13(12)17-10-14(3,15)9-16/h5-8,11,16H,4,9-10,15H2,1-3H3. The van der Waals surface area contributed by atoms with E-state index in [2.05, 4.69) is 19.9 Å². The first-order valence-corrected chi connectivity index (χ1v) is 6.11. The Morgan fingerprint density at radius 3 is 2.65 bits per heavy atom. The average molecular weight is 237 g/mol. The number of aliphatic hydroxyl groups excluding tert-OH is 1. The van der Waals surface area contributed by atoms with Crippen LogP contribution in [0.3, 0.4) is 0 Å². The first-order chi connectivity index (χ1) is 8.00. The molecule has 0 aromatic heterocycles. The quantitative estimate of drug-likeness (QED) is 0.798. The Hall–Kier alpha value is -1.06. The number of hydrogen-bond acceptors (Lipinski definition) is 3. The van der Waals surface area contributed by atoms with Gasteiger partial charge in [0.2, 0.25) is 0 Å². The molecule has 0 spiro atoms. The second-order valence-electron chi connectivity index (χ2n) is 4.95. The molecule has 0 fully saturated rings. The lowest BCUT2D eigenvalue weighted by Gasteiger charge is -2.23. The highest BCUT2D eigenvalue weighted by molar-refractivity contribution is 5.35. The molecule has 0 amide bonds. The Balaban J connectivity index is 2.77. The largest absolute Gasteiger partial charge is 0.491 e. The maximum Gasteiger partial charge on any atom is 0.122 e. The molecule has 1 aromatic carbocycles. The fourth-order valence-electron chi connectivity index (χ4n) is 1.53. The second kappa shape index (κ2) is 6.03. The van der Waals surface area contributed by atoms with Crippen molar-refractivity contribution in [1.82, 2.24) is 0 Å². The monoisotopic (exact) mass is 237 g/mol. The zero-order valence-corrected chi connectivity index (χ0v) is 10.9. The lowest BCUT2D eigenvalue weighted by atomic mass is 9.97. The van der Waals surface area contributed by atoms with Gasteiger partial charge < -0.3 is 15.6 Å². The fraction of sp³-hybridized carbons (Fsp3) is 0.571. The van der Waals surface area contributed by atoms with Gasteiger partial charge in [-0.3, -0.25) is 0 Å². The lowest BCUT2D eigenvalue weighted by molar-refractivity contribution is 0.145. The molecule has 96 valence electrons. The Kier molecular flexibility index (Phi) is 4.97. The molecule has 0 aliphatic heterocycles. The molecular formula is C14H23NO2. The molecule has 0 saturated carbocycles. The smallest absolute Gasteiger partial charge is 0.122 e. The Bertz CT molecular complexity index is 350. The SMILES string of the molecule is CCC(C)c1ccccc1OCC(C)(N)CO. The number of para-hydroxylation sites is 1. The maximum atomic E-state index is 9.09. The van der Waals surface area contributed by atoms with Gasteiger partial charge in [-0.05, 0) is 30.9 Å². The van der Waals surface area contributed by atoms with Crippen molar-refractivity contribution < 1.29 is 9.84 Å². The number of ether oxygens (including phenoxy) is 1. The third-order valence-electron chi connectivity index (χ3n) is 2.98. The summed E-state index contributed by atoms with van der Waals surface area (Å²) in [6, 6.07) is 8.00. The third kappa shape index (κ3) is 4.02. The van der Waals surface area contributed by atoms with E-state index in [1.807, 2.05) is 18.2 Å². The van der Waals surface area contributed by atoms with E-state index in [9.17, 15) is 0 Å². The van der Waals surface area contributed by atoms with Gasteiger partial charge in [0.1, 0.15) is 12.4 Å². The first kappa shape index (κ1) is 14.0. The highest BCUT2D eigenvalue weighted by Crippen LogP contribution is 2.28. The molecule has 3 nitrogen and oxygen atoms in total. The molecule has 0 saturated heterocycles. The van der Waals surface area contributed by atoms with Gasteiger partial charge in [0.05, 0.1) is 12.1 Å². The first-order valence-electron chi connectivity index (χ1n) is 6.11. The van der Waals surface area contributed by atoms with E-state index >= 15 is 0 Å². The van der Waals surface area contributed by atoms with Crippen molar-refractivity contribution in [3.8, 4) is 5.75 Å². The van der Waals surface area contributed by atoms with Crippen LogP contribution in [0.2, 0.25) is 0 Å². The highest BCUT2D eigenvalue weighted by Gasteiger charge is 2.19. The van der Waals surface area contributed by atoms with E-state index < -0.39 is 5.54 Å². The van der Waals surface area contributed by atoms with Crippen LogP contribution in [0.25, 0.3) is 0 Å². The average Bonchev–Trinajstić information content (AvgIpc) is 2.36. The van der Waals surface area contributed by atoms with Crippen molar-refractivity contribution in [3.63, 3.8) is 0 Å². The van der Waals surface area contributed by atoms with E-state index in [-0.39, 0.29) is 6.61 Å². The van der Waals surface area contributed by atoms with E-state index in [0.717, 1.165) is 12.2 Å². The number of nitrogens with two attached hydrogens (primary N) is 1. The molecule has 0 aliphatic rings. The van der Waals surface area contributed by atoms with Crippen LogP contribution in [0.5, 0.6) is 5.75 Å². The van der Waals surface area contributed by atoms with Gasteiger partial charge in [-0.25, -0.2) is 0 Å². The number of benzene rings is 1. The van der Waals surface area contributed by atoms with Crippen molar-refractivity contribution in [3.05, 3.63) is 29.8 Å². The minimum absolute atomic E-state index is 0.0848. The van der Waals surface area contributed by atoms with Crippen LogP contribution in [-0.2, 0) is 0 Å². The Labute approximate surface area is 104 Å². The Morgan fingerprint density at radius 2 is 2.06 bits per heavy atom. The molecule has 1 rings (SSSR count). The van der Waals surface area contributed by atoms with Gasteiger partial charge >= 0.3 is 0 Å². The third-order valence-corrected chi connectivity index (χ3v) is 2.98. The molecule has 0 radical (unpaired) electrons. The lowest BCUT2D eigenvalue weighted by Crippen LogP contribution is -2.46. The van der Waals surface area contributed by atoms with Crippen LogP contribution >= 0.6 is 0 Å². The summed E-state index contributed by atoms with van der Waals surface area (Å²) in [5.74, 6) is 1.33. The van der Waals surface area contributed by atoms with Crippen LogP contribution in [-0.4, -0.2) is 23.9 Å². The predicted octanol–water partition coefficient (Wildman–Crippen LogP) is 2.29. The number of aliphatic hydroxyl groups is 1. The minimum Gasteiger partial charge on any atom is -0.491 e. The summed E-state index contributed by atoms with van der Waals surface area (Å²) in [4.78, 5) is 0. The molecular weight excluding hydrogens is 214 g/mol. The topological polar surface area (TPSA) is 55.5 Å². The summed E-state index contributed by atoms with van der Waals surface area (Å²) in [6.07, 6.45) is 1.07. The van der Waals surface area contributed by atoms with Crippen molar-refractivity contribution in [2.45, 2.75) is 38.6 Å². The summed E-state index contributed by atoms with van der Waals surface area (Å²) in [6.45, 7) is 6.34. The van der Waals surface area contributed by atoms with Crippen molar-refractivity contribution in [2.24, 2.45) is 5.73 Å². The van der Waals surface area contributed by atoms with Crippen LogP contribution in [0.1, 0.15) is 38.7 Å². The van der Waals surface area contributed by atoms with Gasteiger partial charge in [-0.15, -0.1) is 0 Å². The van der Waals surface area contributed by atoms with Crippen LogP contribution in [0.4, 0.5) is 0 Å². The summed E-state index contributed by atoms with van der Waals surface area (Å²) in [7, 11) is 0. The predicted molar refractivity (Wildman–Crippen MR) is 70.3 cm³/mol. The minimum atomic E-state index is -0.692. The van der Waals surface area contributed by atoms with E-state index in [1.165, 1.54) is 5.56 Å². The molecule has 2 unspecified atom stereocenters. The molecule has 3 heteroatoms. The zero-order valence-electron chi connectivity index (χ0n) is 10.9. The van der Waals surface area contributed by atoms with Gasteiger partial charge in [0, 0.05) is 0 Å². The summed E-state index contributed by atoms with van der Waals surface area (Å²) < 4.78 is 5.73. The van der Waals surface area contributed by atoms with Crippen molar-refractivity contribution in [2.75, 3.05) is 13.2 Å². The van der Waals surface area contributed by atoms with Crippen LogP contribution in [0.15, 0.2) is 24.3 Å². The van der Waals surface area contributed by atoms with E-state index in [0.29, 0.717) is 12.5 Å². The van der Waals surface area contributed by atoms with Crippen molar-refractivity contribution in [1.29, 1.82) is 0 Å². The Morgan fingerprint density at radius 1 is 1.41 bits per heavy atom. The second-order valence-corrected chi connectivity index (χ2v) is 4.95. The molecule has 3 N–H and O–H groups in total. The van der Waals surface area contributed by atoms with Gasteiger partial charge in [-0.1, -0.05) is 32.0 Å². The molecule has 17 heavy (non-hydrogen) atoms. The maximum absolute atomic E-state index is 9.09. The molecule has 2 atom stereocenters. The summed E-state index contributed by atoms with van der Waals surface area (Å²) >= 11 is 0. The summed E-state index contributed by atoms with van der Waals surface area (Å²) in [5.41, 5.74) is 6.35. The van der Waals surface area contributed by atoms with E-state index in [4.69, 9.17) is 15.6 Å². The van der Waals surface area contributed by atoms with Crippen LogP contribution in [0, 0.1) is 0 Å². The normalized spacial score (nSPS) is 16.3. The highest BCUT2D eigenvalue weighted by atomic mass is 16.5.